The highest BCUT2D eigenvalue weighted by Gasteiger charge is 2.15. The van der Waals surface area contributed by atoms with Crippen molar-refractivity contribution in [2.45, 2.75) is 6.10 Å². The molecule has 2 heterocycles. The lowest BCUT2D eigenvalue weighted by atomic mass is 10.2. The average Bonchev–Trinajstić information content (AvgIpc) is 2.72. The second-order valence-electron chi connectivity index (χ2n) is 3.71. The monoisotopic (exact) mass is 195 g/mol. The summed E-state index contributed by atoms with van der Waals surface area (Å²) in [4.78, 5) is 5.24. The fourth-order valence-electron chi connectivity index (χ4n) is 1.79. The van der Waals surface area contributed by atoms with Crippen molar-refractivity contribution in [1.82, 2.24) is 15.2 Å². The van der Waals surface area contributed by atoms with Gasteiger partial charge in [0.05, 0.1) is 6.10 Å². The molecule has 1 aromatic heterocycles. The van der Waals surface area contributed by atoms with Gasteiger partial charge in [0, 0.05) is 45.1 Å². The second-order valence-corrected chi connectivity index (χ2v) is 3.71. The van der Waals surface area contributed by atoms with E-state index in [1.807, 2.05) is 18.5 Å². The van der Waals surface area contributed by atoms with E-state index < -0.39 is 0 Å². The molecule has 1 unspecified atom stereocenters. The summed E-state index contributed by atoms with van der Waals surface area (Å²) in [6.07, 6.45) is 3.34. The van der Waals surface area contributed by atoms with E-state index >= 15 is 0 Å². The maximum Gasteiger partial charge on any atom is 0.0931 e. The van der Waals surface area contributed by atoms with Gasteiger partial charge in [-0.05, 0) is 11.6 Å². The van der Waals surface area contributed by atoms with Gasteiger partial charge in [-0.15, -0.1) is 0 Å². The first-order chi connectivity index (χ1) is 6.86. The number of hydrogen-bond donors (Lipinski definition) is 3. The number of β-amino-alcohol motifs (C(OH)–C–C–N with tert-alkyl or cyclic N) is 1. The van der Waals surface area contributed by atoms with E-state index in [2.05, 4.69) is 15.2 Å². The summed E-state index contributed by atoms with van der Waals surface area (Å²) in [7, 11) is 0. The van der Waals surface area contributed by atoms with Crippen LogP contribution in [0.3, 0.4) is 0 Å². The van der Waals surface area contributed by atoms with E-state index in [0.717, 1.165) is 38.3 Å². The molecule has 0 aliphatic carbocycles. The molecule has 1 aliphatic rings. The third-order valence-electron chi connectivity index (χ3n) is 2.65. The van der Waals surface area contributed by atoms with E-state index in [1.165, 1.54) is 0 Å². The minimum absolute atomic E-state index is 0.362. The summed E-state index contributed by atoms with van der Waals surface area (Å²) in [5.74, 6) is 0. The van der Waals surface area contributed by atoms with Crippen LogP contribution in [0.2, 0.25) is 0 Å². The van der Waals surface area contributed by atoms with Gasteiger partial charge in [0.1, 0.15) is 0 Å². The van der Waals surface area contributed by atoms with Crippen LogP contribution in [0, 0.1) is 0 Å². The van der Waals surface area contributed by atoms with Gasteiger partial charge in [0.25, 0.3) is 0 Å². The van der Waals surface area contributed by atoms with E-state index in [1.54, 1.807) is 0 Å². The van der Waals surface area contributed by atoms with Crippen LogP contribution in [0.1, 0.15) is 11.7 Å². The van der Waals surface area contributed by atoms with E-state index in [-0.39, 0.29) is 6.10 Å². The highest BCUT2D eigenvalue weighted by Crippen LogP contribution is 2.13. The van der Waals surface area contributed by atoms with Crippen molar-refractivity contribution >= 4 is 0 Å². The number of aromatic amines is 1. The summed E-state index contributed by atoms with van der Waals surface area (Å²) < 4.78 is 0. The minimum Gasteiger partial charge on any atom is -0.387 e. The van der Waals surface area contributed by atoms with Crippen LogP contribution in [-0.2, 0) is 0 Å². The maximum atomic E-state index is 9.88. The molecule has 3 N–H and O–H groups in total. The molecular weight excluding hydrogens is 178 g/mol. The van der Waals surface area contributed by atoms with Crippen molar-refractivity contribution in [1.29, 1.82) is 0 Å². The molecule has 14 heavy (non-hydrogen) atoms. The molecular formula is C10H17N3O. The number of nitrogens with one attached hydrogen (secondary N) is 2. The van der Waals surface area contributed by atoms with Crippen molar-refractivity contribution in [2.24, 2.45) is 0 Å². The fraction of sp³-hybridized carbons (Fsp3) is 0.600. The third-order valence-corrected chi connectivity index (χ3v) is 2.65. The fourth-order valence-corrected chi connectivity index (χ4v) is 1.79. The van der Waals surface area contributed by atoms with Crippen LogP contribution < -0.4 is 5.32 Å². The largest absolute Gasteiger partial charge is 0.387 e. The smallest absolute Gasteiger partial charge is 0.0931 e. The summed E-state index contributed by atoms with van der Waals surface area (Å²) in [5.41, 5.74) is 0.975. The Kier molecular flexibility index (Phi) is 3.18. The lowest BCUT2D eigenvalue weighted by Crippen LogP contribution is -2.44. The van der Waals surface area contributed by atoms with Gasteiger partial charge in [-0.1, -0.05) is 0 Å². The average molecular weight is 195 g/mol. The predicted octanol–water partition coefficient (Wildman–Crippen LogP) is -0.0467. The van der Waals surface area contributed by atoms with Gasteiger partial charge in [0.2, 0.25) is 0 Å². The maximum absolute atomic E-state index is 9.88. The molecule has 0 saturated carbocycles. The second kappa shape index (κ2) is 4.59. The number of H-pyrrole nitrogens is 1. The van der Waals surface area contributed by atoms with Gasteiger partial charge in [-0.25, -0.2) is 0 Å². The molecule has 1 aromatic rings. The van der Waals surface area contributed by atoms with E-state index in [4.69, 9.17) is 0 Å². The molecule has 0 amide bonds. The molecule has 2 rings (SSSR count). The lowest BCUT2D eigenvalue weighted by molar-refractivity contribution is 0.106. The van der Waals surface area contributed by atoms with Gasteiger partial charge >= 0.3 is 0 Å². The van der Waals surface area contributed by atoms with Gasteiger partial charge in [0.15, 0.2) is 0 Å². The minimum atomic E-state index is -0.362. The molecule has 0 spiro atoms. The predicted molar refractivity (Wildman–Crippen MR) is 55.1 cm³/mol. The zero-order valence-electron chi connectivity index (χ0n) is 8.24. The van der Waals surface area contributed by atoms with E-state index in [9.17, 15) is 5.11 Å². The normalized spacial score (nSPS) is 20.9. The standard InChI is InChI=1S/C10H17N3O/c14-10(9-1-2-12-7-9)8-13-5-3-11-4-6-13/h1-2,7,10-12,14H,3-6,8H2. The quantitative estimate of drug-likeness (QED) is 0.634. The Morgan fingerprint density at radius 1 is 1.43 bits per heavy atom. The van der Waals surface area contributed by atoms with E-state index in [0.29, 0.717) is 0 Å². The summed E-state index contributed by atoms with van der Waals surface area (Å²) in [6.45, 7) is 4.85. The van der Waals surface area contributed by atoms with Crippen LogP contribution in [0.4, 0.5) is 0 Å². The van der Waals surface area contributed by atoms with Crippen molar-refractivity contribution in [3.8, 4) is 0 Å². The summed E-state index contributed by atoms with van der Waals surface area (Å²) in [5, 5.41) is 13.2. The Bertz CT molecular complexity index is 254. The van der Waals surface area contributed by atoms with Crippen LogP contribution in [0.5, 0.6) is 0 Å². The molecule has 1 aliphatic heterocycles. The van der Waals surface area contributed by atoms with Crippen molar-refractivity contribution in [3.05, 3.63) is 24.0 Å². The molecule has 0 radical (unpaired) electrons. The van der Waals surface area contributed by atoms with Crippen molar-refractivity contribution < 1.29 is 5.11 Å². The molecule has 0 bridgehead atoms. The van der Waals surface area contributed by atoms with Gasteiger partial charge < -0.3 is 15.4 Å². The van der Waals surface area contributed by atoms with Crippen molar-refractivity contribution in [2.75, 3.05) is 32.7 Å². The first-order valence-electron chi connectivity index (χ1n) is 5.10. The Balaban J connectivity index is 1.84. The SMILES string of the molecule is OC(CN1CCNCC1)c1cc[nH]c1. The topological polar surface area (TPSA) is 51.3 Å². The highest BCUT2D eigenvalue weighted by molar-refractivity contribution is 5.12. The zero-order valence-corrected chi connectivity index (χ0v) is 8.24. The molecule has 78 valence electrons. The molecule has 1 atom stereocenters. The lowest BCUT2D eigenvalue weighted by Gasteiger charge is -2.28. The van der Waals surface area contributed by atoms with Crippen LogP contribution in [-0.4, -0.2) is 47.7 Å². The third kappa shape index (κ3) is 2.35. The number of aliphatic hydroxyl groups excluding tert-OH is 1. The summed E-state index contributed by atoms with van der Waals surface area (Å²) >= 11 is 0. The van der Waals surface area contributed by atoms with Gasteiger partial charge in [-0.3, -0.25) is 4.90 Å². The molecule has 4 heteroatoms. The van der Waals surface area contributed by atoms with Gasteiger partial charge in [-0.2, -0.15) is 0 Å². The van der Waals surface area contributed by atoms with Crippen LogP contribution in [0.25, 0.3) is 0 Å². The number of hydrogen-bond acceptors (Lipinski definition) is 3. The highest BCUT2D eigenvalue weighted by atomic mass is 16.3. The van der Waals surface area contributed by atoms with Crippen LogP contribution >= 0.6 is 0 Å². The molecule has 4 nitrogen and oxygen atoms in total. The number of nitrogens with zero attached hydrogens (tertiary/aromatic N) is 1. The Morgan fingerprint density at radius 3 is 2.86 bits per heavy atom. The summed E-state index contributed by atoms with van der Waals surface area (Å²) in [6, 6.07) is 1.92. The van der Waals surface area contributed by atoms with Crippen molar-refractivity contribution in [3.63, 3.8) is 0 Å². The Hall–Kier alpha value is -0.840. The zero-order chi connectivity index (χ0) is 9.80. The Morgan fingerprint density at radius 2 is 2.21 bits per heavy atom. The number of aliphatic hydroxyl groups is 1. The first-order valence-corrected chi connectivity index (χ1v) is 5.10. The molecule has 0 aromatic carbocycles. The first kappa shape index (κ1) is 9.71. The van der Waals surface area contributed by atoms with Crippen LogP contribution in [0.15, 0.2) is 18.5 Å². The Labute approximate surface area is 83.9 Å². The molecule has 1 saturated heterocycles. The number of rotatable bonds is 3. The molecule has 1 fully saturated rings. The number of piperazine rings is 1. The number of aromatic nitrogens is 1.